The molecule has 1 amide bonds. The molecule has 0 bridgehead atoms. The summed E-state index contributed by atoms with van der Waals surface area (Å²) in [5.41, 5.74) is 1.70. The van der Waals surface area contributed by atoms with Crippen molar-refractivity contribution in [3.05, 3.63) is 35.9 Å². The van der Waals surface area contributed by atoms with Crippen molar-refractivity contribution in [3.63, 3.8) is 0 Å². The van der Waals surface area contributed by atoms with Gasteiger partial charge in [-0.25, -0.2) is 8.42 Å². The number of carbonyl (C=O) groups is 1. The van der Waals surface area contributed by atoms with Crippen LogP contribution in [0, 0.1) is 12.3 Å². The van der Waals surface area contributed by atoms with Crippen LogP contribution in [0.3, 0.4) is 0 Å². The molecule has 1 aromatic rings. The third-order valence-corrected chi connectivity index (χ3v) is 3.13. The molecule has 1 rings (SSSR count). The van der Waals surface area contributed by atoms with Gasteiger partial charge in [0.25, 0.3) is 0 Å². The Kier molecular flexibility index (Phi) is 5.17. The summed E-state index contributed by atoms with van der Waals surface area (Å²) in [4.78, 5) is 11.8. The van der Waals surface area contributed by atoms with Crippen LogP contribution in [0.1, 0.15) is 26.3 Å². The summed E-state index contributed by atoms with van der Waals surface area (Å²) in [6.07, 6.45) is 4.37. The second-order valence-corrected chi connectivity index (χ2v) is 7.84. The number of carbonyl (C=O) groups excluding carboxylic acids is 1. The summed E-state index contributed by atoms with van der Waals surface area (Å²) in [5, 5.41) is 2.71. The van der Waals surface area contributed by atoms with Gasteiger partial charge in [0.15, 0.2) is 0 Å². The first-order chi connectivity index (χ1) is 9.46. The number of aryl methyl sites for hydroxylation is 1. The molecule has 0 atom stereocenters. The summed E-state index contributed by atoms with van der Waals surface area (Å²) in [7, 11) is -3.35. The number of benzene rings is 1. The third kappa shape index (κ3) is 6.94. The fourth-order valence-electron chi connectivity index (χ4n) is 1.52. The summed E-state index contributed by atoms with van der Waals surface area (Å²) in [6.45, 7) is 7.78. The second kappa shape index (κ2) is 6.30. The van der Waals surface area contributed by atoms with Gasteiger partial charge in [-0.1, -0.05) is 32.9 Å². The monoisotopic (exact) mass is 310 g/mol. The number of amides is 1. The van der Waals surface area contributed by atoms with Crippen molar-refractivity contribution < 1.29 is 13.2 Å². The molecule has 0 unspecified atom stereocenters. The van der Waals surface area contributed by atoms with E-state index in [2.05, 4.69) is 10.0 Å². The average Bonchev–Trinajstić information content (AvgIpc) is 2.28. The molecule has 0 spiro atoms. The van der Waals surface area contributed by atoms with E-state index < -0.39 is 10.0 Å². The molecule has 0 aliphatic carbocycles. The molecule has 1 aromatic carbocycles. The van der Waals surface area contributed by atoms with E-state index >= 15 is 0 Å². The molecule has 6 heteroatoms. The van der Waals surface area contributed by atoms with Crippen molar-refractivity contribution in [2.75, 3.05) is 16.3 Å². The van der Waals surface area contributed by atoms with Crippen LogP contribution in [0.4, 0.5) is 11.4 Å². The topological polar surface area (TPSA) is 75.3 Å². The Morgan fingerprint density at radius 2 is 1.86 bits per heavy atom. The maximum absolute atomic E-state index is 11.8. The van der Waals surface area contributed by atoms with Crippen molar-refractivity contribution in [1.82, 2.24) is 0 Å². The quantitative estimate of drug-likeness (QED) is 0.840. The summed E-state index contributed by atoms with van der Waals surface area (Å²) in [5.74, 6) is -0.251. The molecule has 2 N–H and O–H groups in total. The highest BCUT2D eigenvalue weighted by Crippen LogP contribution is 2.21. The minimum atomic E-state index is -3.35. The molecular formula is C15H22N2O3S. The lowest BCUT2D eigenvalue weighted by Crippen LogP contribution is -2.13. The van der Waals surface area contributed by atoms with Crippen molar-refractivity contribution in [3.8, 4) is 0 Å². The minimum Gasteiger partial charge on any atom is -0.322 e. The van der Waals surface area contributed by atoms with E-state index in [-0.39, 0.29) is 11.3 Å². The summed E-state index contributed by atoms with van der Waals surface area (Å²) >= 11 is 0. The largest absolute Gasteiger partial charge is 0.322 e. The Morgan fingerprint density at radius 3 is 2.38 bits per heavy atom. The molecule has 0 aliphatic rings. The standard InChI is InChI=1S/C15H22N2O3S/c1-11-6-7-12(10-13(11)17-21(5,19)20)16-14(18)8-9-15(2,3)4/h6-10,17H,1-5H3,(H,16,18). The molecule has 0 saturated carbocycles. The minimum absolute atomic E-state index is 0.0758. The zero-order chi connectivity index (χ0) is 16.3. The number of hydrogen-bond donors (Lipinski definition) is 2. The number of nitrogens with one attached hydrogen (secondary N) is 2. The highest BCUT2D eigenvalue weighted by atomic mass is 32.2. The van der Waals surface area contributed by atoms with Gasteiger partial charge in [0.2, 0.25) is 15.9 Å². The Morgan fingerprint density at radius 1 is 1.24 bits per heavy atom. The van der Waals surface area contributed by atoms with Gasteiger partial charge in [0.1, 0.15) is 0 Å². The van der Waals surface area contributed by atoms with Crippen molar-refractivity contribution in [1.29, 1.82) is 0 Å². The maximum Gasteiger partial charge on any atom is 0.248 e. The van der Waals surface area contributed by atoms with E-state index in [1.54, 1.807) is 25.1 Å². The number of sulfonamides is 1. The highest BCUT2D eigenvalue weighted by Gasteiger charge is 2.08. The maximum atomic E-state index is 11.8. The molecule has 0 aromatic heterocycles. The molecule has 0 fully saturated rings. The van der Waals surface area contributed by atoms with Crippen LogP contribution >= 0.6 is 0 Å². The first kappa shape index (κ1) is 17.2. The zero-order valence-corrected chi connectivity index (χ0v) is 13.8. The Labute approximate surface area is 126 Å². The van der Waals surface area contributed by atoms with Gasteiger partial charge in [-0.2, -0.15) is 0 Å². The van der Waals surface area contributed by atoms with E-state index in [1.165, 1.54) is 6.08 Å². The SMILES string of the molecule is Cc1ccc(NC(=O)C=CC(C)(C)C)cc1NS(C)(=O)=O. The highest BCUT2D eigenvalue weighted by molar-refractivity contribution is 7.92. The van der Waals surface area contributed by atoms with Crippen LogP contribution < -0.4 is 10.0 Å². The van der Waals surface area contributed by atoms with Gasteiger partial charge in [-0.15, -0.1) is 0 Å². The van der Waals surface area contributed by atoms with Gasteiger partial charge in [-0.3, -0.25) is 9.52 Å². The lowest BCUT2D eigenvalue weighted by Gasteiger charge is -2.12. The molecule has 0 aliphatic heterocycles. The third-order valence-electron chi connectivity index (χ3n) is 2.54. The molecule has 5 nitrogen and oxygen atoms in total. The summed E-state index contributed by atoms with van der Waals surface area (Å²) in [6, 6.07) is 5.07. The lowest BCUT2D eigenvalue weighted by molar-refractivity contribution is -0.112. The van der Waals surface area contributed by atoms with E-state index in [9.17, 15) is 13.2 Å². The second-order valence-electron chi connectivity index (χ2n) is 6.09. The Hall–Kier alpha value is -1.82. The molecule has 21 heavy (non-hydrogen) atoms. The summed E-state index contributed by atoms with van der Waals surface area (Å²) < 4.78 is 25.0. The van der Waals surface area contributed by atoms with E-state index in [0.29, 0.717) is 11.4 Å². The number of anilines is 2. The Bertz CT molecular complexity index is 656. The number of rotatable bonds is 4. The van der Waals surface area contributed by atoms with Crippen LogP contribution in [0.2, 0.25) is 0 Å². The molecule has 0 saturated heterocycles. The zero-order valence-electron chi connectivity index (χ0n) is 13.0. The van der Waals surface area contributed by atoms with Crippen LogP contribution in [-0.4, -0.2) is 20.6 Å². The normalized spacial score (nSPS) is 12.4. The number of hydrogen-bond acceptors (Lipinski definition) is 3. The first-order valence-corrected chi connectivity index (χ1v) is 8.44. The van der Waals surface area contributed by atoms with Gasteiger partial charge in [-0.05, 0) is 36.1 Å². The Balaban J connectivity index is 2.88. The average molecular weight is 310 g/mol. The van der Waals surface area contributed by atoms with E-state index in [1.807, 2.05) is 26.8 Å². The molecule has 0 heterocycles. The van der Waals surface area contributed by atoms with Gasteiger partial charge in [0, 0.05) is 5.69 Å². The van der Waals surface area contributed by atoms with E-state index in [0.717, 1.165) is 11.8 Å². The van der Waals surface area contributed by atoms with Gasteiger partial charge in [0.05, 0.1) is 11.9 Å². The molecule has 0 radical (unpaired) electrons. The lowest BCUT2D eigenvalue weighted by atomic mass is 9.96. The van der Waals surface area contributed by atoms with Gasteiger partial charge < -0.3 is 5.32 Å². The van der Waals surface area contributed by atoms with Crippen LogP contribution in [0.15, 0.2) is 30.4 Å². The fourth-order valence-corrected chi connectivity index (χ4v) is 2.14. The number of allylic oxidation sites excluding steroid dienone is 1. The van der Waals surface area contributed by atoms with E-state index in [4.69, 9.17) is 0 Å². The molecule has 116 valence electrons. The van der Waals surface area contributed by atoms with Crippen LogP contribution in [-0.2, 0) is 14.8 Å². The van der Waals surface area contributed by atoms with Crippen molar-refractivity contribution >= 4 is 27.3 Å². The van der Waals surface area contributed by atoms with Gasteiger partial charge >= 0.3 is 0 Å². The van der Waals surface area contributed by atoms with Crippen LogP contribution in [0.25, 0.3) is 0 Å². The molecular weight excluding hydrogens is 288 g/mol. The first-order valence-electron chi connectivity index (χ1n) is 6.55. The van der Waals surface area contributed by atoms with Crippen molar-refractivity contribution in [2.45, 2.75) is 27.7 Å². The predicted octanol–water partition coefficient (Wildman–Crippen LogP) is 2.91. The predicted molar refractivity (Wildman–Crippen MR) is 86.9 cm³/mol. The van der Waals surface area contributed by atoms with Crippen LogP contribution in [0.5, 0.6) is 0 Å². The fraction of sp³-hybridized carbons (Fsp3) is 0.400. The smallest absolute Gasteiger partial charge is 0.248 e. The van der Waals surface area contributed by atoms with Crippen molar-refractivity contribution in [2.24, 2.45) is 5.41 Å².